The summed E-state index contributed by atoms with van der Waals surface area (Å²) in [6, 6.07) is 20.4. The third-order valence-corrected chi connectivity index (χ3v) is 3.90. The van der Waals surface area contributed by atoms with E-state index in [-0.39, 0.29) is 0 Å². The molecule has 3 rings (SSSR count). The van der Waals surface area contributed by atoms with Crippen molar-refractivity contribution < 1.29 is 0 Å². The smallest absolute Gasteiger partial charge is 0.170 e. The van der Waals surface area contributed by atoms with E-state index in [1.807, 2.05) is 36.4 Å². The lowest BCUT2D eigenvalue weighted by Crippen LogP contribution is -2.32. The minimum absolute atomic E-state index is 0.613. The maximum absolute atomic E-state index is 5.78. The molecule has 124 valence electrons. The zero-order chi connectivity index (χ0) is 16.6. The topological polar surface area (TPSA) is 72.9 Å². The van der Waals surface area contributed by atoms with E-state index in [9.17, 15) is 0 Å². The van der Waals surface area contributed by atoms with Gasteiger partial charge in [-0.2, -0.15) is 4.68 Å². The predicted molar refractivity (Wildman–Crippen MR) is 93.6 cm³/mol. The Morgan fingerprint density at radius 3 is 2.33 bits per heavy atom. The number of nitrogens with zero attached hydrogens (tertiary/aromatic N) is 5. The van der Waals surface area contributed by atoms with Gasteiger partial charge in [0.25, 0.3) is 0 Å². The van der Waals surface area contributed by atoms with Gasteiger partial charge in [0.05, 0.1) is 12.2 Å². The molecule has 0 aliphatic heterocycles. The first-order valence-electron chi connectivity index (χ1n) is 8.16. The highest BCUT2D eigenvalue weighted by atomic mass is 15.5. The summed E-state index contributed by atoms with van der Waals surface area (Å²) in [5, 5.41) is 12.1. The highest BCUT2D eigenvalue weighted by Gasteiger charge is 2.13. The molecule has 1 aromatic heterocycles. The summed E-state index contributed by atoms with van der Waals surface area (Å²) >= 11 is 0. The van der Waals surface area contributed by atoms with Crippen molar-refractivity contribution in [3.05, 3.63) is 72.1 Å². The van der Waals surface area contributed by atoms with Crippen molar-refractivity contribution in [3.8, 4) is 5.69 Å². The first-order chi connectivity index (χ1) is 11.9. The van der Waals surface area contributed by atoms with Crippen LogP contribution in [0.1, 0.15) is 11.4 Å². The number of rotatable bonds is 8. The van der Waals surface area contributed by atoms with Crippen molar-refractivity contribution in [2.75, 3.05) is 19.6 Å². The van der Waals surface area contributed by atoms with Crippen LogP contribution in [-0.4, -0.2) is 44.7 Å². The lowest BCUT2D eigenvalue weighted by molar-refractivity contribution is 0.267. The lowest BCUT2D eigenvalue weighted by Gasteiger charge is -2.21. The van der Waals surface area contributed by atoms with Gasteiger partial charge >= 0.3 is 0 Å². The highest BCUT2D eigenvalue weighted by Crippen LogP contribution is 2.10. The lowest BCUT2D eigenvalue weighted by atomic mass is 10.1. The Hall–Kier alpha value is -2.57. The maximum atomic E-state index is 5.78. The van der Waals surface area contributed by atoms with Gasteiger partial charge in [-0.15, -0.1) is 5.10 Å². The van der Waals surface area contributed by atoms with Crippen LogP contribution in [-0.2, 0) is 13.0 Å². The molecule has 2 N–H and O–H groups in total. The number of aromatic nitrogens is 4. The van der Waals surface area contributed by atoms with Crippen LogP contribution in [0.4, 0.5) is 0 Å². The largest absolute Gasteiger partial charge is 0.329 e. The first kappa shape index (κ1) is 16.3. The van der Waals surface area contributed by atoms with Crippen molar-refractivity contribution >= 4 is 0 Å². The summed E-state index contributed by atoms with van der Waals surface area (Å²) in [4.78, 5) is 2.29. The second-order valence-corrected chi connectivity index (χ2v) is 5.64. The summed E-state index contributed by atoms with van der Waals surface area (Å²) in [7, 11) is 0. The zero-order valence-electron chi connectivity index (χ0n) is 13.6. The average molecular weight is 322 g/mol. The Balaban J connectivity index is 1.69. The number of tetrazole rings is 1. The molecule has 0 bridgehead atoms. The van der Waals surface area contributed by atoms with Gasteiger partial charge in [-0.25, -0.2) is 0 Å². The van der Waals surface area contributed by atoms with E-state index < -0.39 is 0 Å². The van der Waals surface area contributed by atoms with E-state index in [2.05, 4.69) is 44.7 Å². The molecule has 0 unspecified atom stereocenters. The molecule has 6 nitrogen and oxygen atoms in total. The van der Waals surface area contributed by atoms with Crippen molar-refractivity contribution in [3.63, 3.8) is 0 Å². The molecular formula is C18H22N6. The maximum Gasteiger partial charge on any atom is 0.170 e. The zero-order valence-corrected chi connectivity index (χ0v) is 13.6. The second-order valence-electron chi connectivity index (χ2n) is 5.64. The molecule has 0 fully saturated rings. The highest BCUT2D eigenvalue weighted by molar-refractivity contribution is 5.30. The molecule has 0 radical (unpaired) electrons. The summed E-state index contributed by atoms with van der Waals surface area (Å²) in [6.45, 7) is 3.02. The van der Waals surface area contributed by atoms with Crippen LogP contribution in [0.15, 0.2) is 60.7 Å². The molecule has 0 amide bonds. The molecule has 0 spiro atoms. The molecule has 1 heterocycles. The molecule has 0 atom stereocenters. The standard InChI is InChI=1S/C18H22N6/c19-12-14-23(13-11-16-7-3-1-4-8-16)15-18-20-21-22-24(18)17-9-5-2-6-10-17/h1-10H,11-15,19H2. The van der Waals surface area contributed by atoms with E-state index in [0.29, 0.717) is 13.1 Å². The fourth-order valence-corrected chi connectivity index (χ4v) is 2.66. The molecule has 0 aliphatic rings. The van der Waals surface area contributed by atoms with E-state index in [4.69, 9.17) is 5.73 Å². The van der Waals surface area contributed by atoms with Gasteiger partial charge in [-0.3, -0.25) is 4.90 Å². The Kier molecular flexibility index (Phi) is 5.65. The van der Waals surface area contributed by atoms with Gasteiger partial charge in [0.2, 0.25) is 0 Å². The fourth-order valence-electron chi connectivity index (χ4n) is 2.66. The van der Waals surface area contributed by atoms with Crippen molar-refractivity contribution in [2.45, 2.75) is 13.0 Å². The summed E-state index contributed by atoms with van der Waals surface area (Å²) in [5.74, 6) is 0.822. The first-order valence-corrected chi connectivity index (χ1v) is 8.16. The molecular weight excluding hydrogens is 300 g/mol. The van der Waals surface area contributed by atoms with Crippen molar-refractivity contribution in [1.29, 1.82) is 0 Å². The number of para-hydroxylation sites is 1. The number of hydrogen-bond acceptors (Lipinski definition) is 5. The number of hydrogen-bond donors (Lipinski definition) is 1. The molecule has 6 heteroatoms. The van der Waals surface area contributed by atoms with Crippen LogP contribution in [0.3, 0.4) is 0 Å². The minimum atomic E-state index is 0.613. The summed E-state index contributed by atoms with van der Waals surface area (Å²) in [5.41, 5.74) is 8.06. The average Bonchev–Trinajstić information content (AvgIpc) is 3.10. The van der Waals surface area contributed by atoms with Crippen LogP contribution in [0.2, 0.25) is 0 Å². The van der Waals surface area contributed by atoms with Crippen LogP contribution < -0.4 is 5.73 Å². The molecule has 24 heavy (non-hydrogen) atoms. The third kappa shape index (κ3) is 4.24. The molecule has 2 aromatic carbocycles. The van der Waals surface area contributed by atoms with E-state index in [1.54, 1.807) is 4.68 Å². The Labute approximate surface area is 141 Å². The Bertz CT molecular complexity index is 726. The van der Waals surface area contributed by atoms with Gasteiger partial charge in [0.1, 0.15) is 0 Å². The normalized spacial score (nSPS) is 11.1. The van der Waals surface area contributed by atoms with E-state index >= 15 is 0 Å². The monoisotopic (exact) mass is 322 g/mol. The molecule has 0 saturated carbocycles. The summed E-state index contributed by atoms with van der Waals surface area (Å²) in [6.07, 6.45) is 0.980. The van der Waals surface area contributed by atoms with E-state index in [1.165, 1.54) is 5.56 Å². The second kappa shape index (κ2) is 8.33. The fraction of sp³-hybridized carbons (Fsp3) is 0.278. The van der Waals surface area contributed by atoms with Crippen molar-refractivity contribution in [2.24, 2.45) is 5.73 Å². The number of nitrogens with two attached hydrogens (primary N) is 1. The molecule has 0 saturated heterocycles. The number of benzene rings is 2. The quantitative estimate of drug-likeness (QED) is 0.683. The van der Waals surface area contributed by atoms with Gasteiger partial charge in [-0.05, 0) is 34.5 Å². The SMILES string of the molecule is NCCN(CCc1ccccc1)Cc1nnnn1-c1ccccc1. The van der Waals surface area contributed by atoms with Gasteiger partial charge in [0, 0.05) is 19.6 Å². The molecule has 0 aliphatic carbocycles. The Morgan fingerprint density at radius 1 is 0.917 bits per heavy atom. The van der Waals surface area contributed by atoms with Gasteiger partial charge < -0.3 is 5.73 Å². The minimum Gasteiger partial charge on any atom is -0.329 e. The van der Waals surface area contributed by atoms with Crippen LogP contribution in [0.5, 0.6) is 0 Å². The van der Waals surface area contributed by atoms with Gasteiger partial charge in [0.15, 0.2) is 5.82 Å². The van der Waals surface area contributed by atoms with Gasteiger partial charge in [-0.1, -0.05) is 48.5 Å². The van der Waals surface area contributed by atoms with E-state index in [0.717, 1.165) is 31.0 Å². The van der Waals surface area contributed by atoms with Crippen LogP contribution in [0, 0.1) is 0 Å². The van der Waals surface area contributed by atoms with Crippen LogP contribution >= 0.6 is 0 Å². The molecule has 3 aromatic rings. The third-order valence-electron chi connectivity index (χ3n) is 3.90. The van der Waals surface area contributed by atoms with Crippen LogP contribution in [0.25, 0.3) is 5.69 Å². The Morgan fingerprint density at radius 2 is 1.62 bits per heavy atom. The summed E-state index contributed by atoms with van der Waals surface area (Å²) < 4.78 is 1.78. The van der Waals surface area contributed by atoms with Crippen molar-refractivity contribution in [1.82, 2.24) is 25.1 Å². The predicted octanol–water partition coefficient (Wildman–Crippen LogP) is 1.67.